The average molecular weight is 203 g/mol. The van der Waals surface area contributed by atoms with Gasteiger partial charge in [0.25, 0.3) is 0 Å². The first-order valence-electron chi connectivity index (χ1n) is 4.49. The molecule has 3 N–H and O–H groups in total. The van der Waals surface area contributed by atoms with Gasteiger partial charge in [-0.3, -0.25) is 0 Å². The topological polar surface area (TPSA) is 50.4 Å². The van der Waals surface area contributed by atoms with Crippen molar-refractivity contribution in [3.63, 3.8) is 0 Å². The van der Waals surface area contributed by atoms with Crippen molar-refractivity contribution in [3.05, 3.63) is 12.2 Å². The zero-order valence-electron chi connectivity index (χ0n) is 8.13. The van der Waals surface area contributed by atoms with E-state index in [0.29, 0.717) is 13.0 Å². The standard InChI is InChI=1S/C9H15F2N3/c1-5(2)4-13-9(12)14-7-3-6(7)8(10)11/h6-8H,1,3-4H2,2H3,(H3,12,13,14)/t6-,7-/m0/s1. The molecule has 3 nitrogen and oxygen atoms in total. The number of hydrogen-bond acceptors (Lipinski definition) is 1. The highest BCUT2D eigenvalue weighted by atomic mass is 19.3. The van der Waals surface area contributed by atoms with Crippen molar-refractivity contribution in [3.8, 4) is 0 Å². The molecular weight excluding hydrogens is 188 g/mol. The van der Waals surface area contributed by atoms with Crippen LogP contribution in [0.4, 0.5) is 8.78 Å². The highest BCUT2D eigenvalue weighted by Gasteiger charge is 2.44. The lowest BCUT2D eigenvalue weighted by Gasteiger charge is -2.04. The van der Waals surface area contributed by atoms with Gasteiger partial charge in [0.15, 0.2) is 5.96 Å². The molecule has 80 valence electrons. The lowest BCUT2D eigenvalue weighted by molar-refractivity contribution is 0.120. The molecule has 0 aromatic heterocycles. The summed E-state index contributed by atoms with van der Waals surface area (Å²) in [5.74, 6) is -0.338. The predicted molar refractivity (Wildman–Crippen MR) is 52.3 cm³/mol. The Morgan fingerprint density at radius 3 is 2.79 bits per heavy atom. The molecule has 5 heteroatoms. The second kappa shape index (κ2) is 4.39. The summed E-state index contributed by atoms with van der Waals surface area (Å²) in [5.41, 5.74) is 6.36. The zero-order chi connectivity index (χ0) is 10.7. The number of halogens is 2. The Labute approximate surface area is 82.1 Å². The predicted octanol–water partition coefficient (Wildman–Crippen LogP) is 1.12. The number of nitrogens with one attached hydrogen (secondary N) is 1. The number of nitrogens with zero attached hydrogens (tertiary/aromatic N) is 1. The first kappa shape index (κ1) is 10.9. The van der Waals surface area contributed by atoms with Crippen LogP contribution in [0.3, 0.4) is 0 Å². The molecule has 14 heavy (non-hydrogen) atoms. The van der Waals surface area contributed by atoms with Crippen molar-refractivity contribution in [1.82, 2.24) is 5.32 Å². The Bertz CT molecular complexity index is 250. The van der Waals surface area contributed by atoms with Crippen LogP contribution in [0, 0.1) is 5.92 Å². The van der Waals surface area contributed by atoms with Crippen molar-refractivity contribution in [2.75, 3.05) is 6.54 Å². The van der Waals surface area contributed by atoms with E-state index in [1.54, 1.807) is 0 Å². The highest BCUT2D eigenvalue weighted by Crippen LogP contribution is 2.35. The minimum atomic E-state index is -2.26. The van der Waals surface area contributed by atoms with Crippen LogP contribution < -0.4 is 11.1 Å². The van der Waals surface area contributed by atoms with Crippen molar-refractivity contribution >= 4 is 5.96 Å². The van der Waals surface area contributed by atoms with E-state index in [1.165, 1.54) is 0 Å². The third-order valence-corrected chi connectivity index (χ3v) is 2.02. The second-order valence-electron chi connectivity index (χ2n) is 3.64. The molecule has 0 spiro atoms. The van der Waals surface area contributed by atoms with Gasteiger partial charge < -0.3 is 11.1 Å². The average Bonchev–Trinajstić information content (AvgIpc) is 2.80. The van der Waals surface area contributed by atoms with Gasteiger partial charge in [-0.25, -0.2) is 13.8 Å². The third kappa shape index (κ3) is 3.32. The molecule has 0 unspecified atom stereocenters. The molecule has 0 bridgehead atoms. The second-order valence-corrected chi connectivity index (χ2v) is 3.64. The summed E-state index contributed by atoms with van der Waals surface area (Å²) in [4.78, 5) is 3.94. The van der Waals surface area contributed by atoms with Gasteiger partial charge in [0.05, 0.1) is 6.54 Å². The summed E-state index contributed by atoms with van der Waals surface area (Å²) >= 11 is 0. The zero-order valence-corrected chi connectivity index (χ0v) is 8.13. The molecule has 0 aromatic carbocycles. The fourth-order valence-corrected chi connectivity index (χ4v) is 1.11. The molecule has 1 aliphatic carbocycles. The van der Waals surface area contributed by atoms with Crippen LogP contribution in [-0.2, 0) is 0 Å². The summed E-state index contributed by atoms with van der Waals surface area (Å²) in [5, 5.41) is 2.75. The van der Waals surface area contributed by atoms with Crippen LogP contribution in [0.1, 0.15) is 13.3 Å². The fraction of sp³-hybridized carbons (Fsp3) is 0.667. The van der Waals surface area contributed by atoms with Crippen LogP contribution in [0.5, 0.6) is 0 Å². The molecule has 0 aromatic rings. The van der Waals surface area contributed by atoms with Crippen LogP contribution in [0.2, 0.25) is 0 Å². The Hall–Kier alpha value is -1.13. The first-order chi connectivity index (χ1) is 6.50. The number of hydrogen-bond donors (Lipinski definition) is 2. The summed E-state index contributed by atoms with van der Waals surface area (Å²) in [6.45, 7) is 5.92. The number of aliphatic imine (C=N–C) groups is 1. The maximum atomic E-state index is 12.1. The Morgan fingerprint density at radius 1 is 1.71 bits per heavy atom. The SMILES string of the molecule is C=C(C)CN=C(N)N[C@H]1C[C@@H]1C(F)F. The van der Waals surface area contributed by atoms with E-state index in [-0.39, 0.29) is 12.0 Å². The molecule has 0 amide bonds. The smallest absolute Gasteiger partial charge is 0.243 e. The van der Waals surface area contributed by atoms with Gasteiger partial charge in [-0.15, -0.1) is 0 Å². The summed E-state index contributed by atoms with van der Waals surface area (Å²) in [7, 11) is 0. The van der Waals surface area contributed by atoms with Crippen LogP contribution in [0.25, 0.3) is 0 Å². The van der Waals surface area contributed by atoms with Gasteiger partial charge >= 0.3 is 0 Å². The first-order valence-corrected chi connectivity index (χ1v) is 4.49. The van der Waals surface area contributed by atoms with Crippen LogP contribution >= 0.6 is 0 Å². The van der Waals surface area contributed by atoms with Gasteiger partial charge in [0.1, 0.15) is 0 Å². The van der Waals surface area contributed by atoms with E-state index in [2.05, 4.69) is 16.9 Å². The lowest BCUT2D eigenvalue weighted by atomic mass is 10.4. The van der Waals surface area contributed by atoms with Crippen molar-refractivity contribution in [2.24, 2.45) is 16.6 Å². The minimum absolute atomic E-state index is 0.205. The van der Waals surface area contributed by atoms with E-state index in [1.807, 2.05) is 6.92 Å². The fourth-order valence-electron chi connectivity index (χ4n) is 1.11. The van der Waals surface area contributed by atoms with Crippen molar-refractivity contribution < 1.29 is 8.78 Å². The maximum absolute atomic E-state index is 12.1. The Kier molecular flexibility index (Phi) is 3.43. The van der Waals surface area contributed by atoms with E-state index < -0.39 is 12.3 Å². The third-order valence-electron chi connectivity index (χ3n) is 2.02. The Morgan fingerprint density at radius 2 is 2.36 bits per heavy atom. The van der Waals surface area contributed by atoms with Gasteiger partial charge in [-0.1, -0.05) is 12.2 Å². The quantitative estimate of drug-likeness (QED) is 0.408. The van der Waals surface area contributed by atoms with E-state index >= 15 is 0 Å². The van der Waals surface area contributed by atoms with Crippen molar-refractivity contribution in [2.45, 2.75) is 25.8 Å². The number of guanidine groups is 1. The minimum Gasteiger partial charge on any atom is -0.370 e. The highest BCUT2D eigenvalue weighted by molar-refractivity contribution is 5.78. The monoisotopic (exact) mass is 203 g/mol. The number of rotatable bonds is 4. The molecule has 0 saturated heterocycles. The summed E-state index contributed by atoms with van der Waals surface area (Å²) in [6.07, 6.45) is -1.79. The number of alkyl halides is 2. The van der Waals surface area contributed by atoms with E-state index in [4.69, 9.17) is 5.73 Å². The lowest BCUT2D eigenvalue weighted by Crippen LogP contribution is -2.35. The van der Waals surface area contributed by atoms with Crippen molar-refractivity contribution in [1.29, 1.82) is 0 Å². The molecule has 2 atom stereocenters. The summed E-state index contributed by atoms with van der Waals surface area (Å²) in [6, 6.07) is -0.205. The largest absolute Gasteiger partial charge is 0.370 e. The summed E-state index contributed by atoms with van der Waals surface area (Å²) < 4.78 is 24.2. The van der Waals surface area contributed by atoms with Gasteiger partial charge in [0, 0.05) is 12.0 Å². The maximum Gasteiger partial charge on any atom is 0.243 e. The molecule has 0 radical (unpaired) electrons. The van der Waals surface area contributed by atoms with Gasteiger partial charge in [0.2, 0.25) is 6.43 Å². The molecular formula is C9H15F2N3. The molecule has 1 saturated carbocycles. The van der Waals surface area contributed by atoms with Crippen LogP contribution in [0.15, 0.2) is 17.1 Å². The molecule has 1 aliphatic rings. The molecule has 0 heterocycles. The Balaban J connectivity index is 2.25. The van der Waals surface area contributed by atoms with E-state index in [0.717, 1.165) is 5.57 Å². The van der Waals surface area contributed by atoms with Gasteiger partial charge in [-0.05, 0) is 13.3 Å². The molecule has 0 aliphatic heterocycles. The normalized spacial score (nSPS) is 26.4. The van der Waals surface area contributed by atoms with Gasteiger partial charge in [-0.2, -0.15) is 0 Å². The van der Waals surface area contributed by atoms with E-state index in [9.17, 15) is 8.78 Å². The molecule has 1 fully saturated rings. The number of nitrogens with two attached hydrogens (primary N) is 1. The van der Waals surface area contributed by atoms with Crippen LogP contribution in [-0.4, -0.2) is 25.0 Å². The molecule has 1 rings (SSSR count).